The molecule has 0 unspecified atom stereocenters. The van der Waals surface area contributed by atoms with Crippen LogP contribution in [-0.2, 0) is 16.6 Å². The first-order chi connectivity index (χ1) is 9.82. The molecule has 0 aliphatic carbocycles. The van der Waals surface area contributed by atoms with E-state index in [0.717, 1.165) is 5.56 Å². The van der Waals surface area contributed by atoms with Crippen LogP contribution in [0.1, 0.15) is 5.56 Å². The fraction of sp³-hybridized carbons (Fsp3) is 0.143. The third kappa shape index (κ3) is 3.58. The lowest BCUT2D eigenvalue weighted by Gasteiger charge is -2.18. The van der Waals surface area contributed by atoms with E-state index < -0.39 is 10.0 Å². The Labute approximate surface area is 137 Å². The summed E-state index contributed by atoms with van der Waals surface area (Å²) in [7, 11) is -2.09. The normalized spacial score (nSPS) is 11.8. The first kappa shape index (κ1) is 16.3. The van der Waals surface area contributed by atoms with Crippen molar-refractivity contribution in [1.82, 2.24) is 4.31 Å². The summed E-state index contributed by atoms with van der Waals surface area (Å²) >= 11 is 9.12. The van der Waals surface area contributed by atoms with Gasteiger partial charge in [0.1, 0.15) is 0 Å². The number of anilines is 1. The van der Waals surface area contributed by atoms with Crippen LogP contribution >= 0.6 is 27.5 Å². The second-order valence-corrected chi connectivity index (χ2v) is 7.84. The van der Waals surface area contributed by atoms with Crippen LogP contribution in [0.2, 0.25) is 5.02 Å². The predicted molar refractivity (Wildman–Crippen MR) is 88.7 cm³/mol. The van der Waals surface area contributed by atoms with Gasteiger partial charge in [0.05, 0.1) is 9.92 Å². The first-order valence-corrected chi connectivity index (χ1v) is 8.68. The molecule has 0 heterocycles. The number of nitrogen functional groups attached to an aromatic ring is 1. The van der Waals surface area contributed by atoms with Gasteiger partial charge in [0.2, 0.25) is 10.0 Å². The van der Waals surface area contributed by atoms with E-state index in [-0.39, 0.29) is 11.4 Å². The van der Waals surface area contributed by atoms with Gasteiger partial charge in [0, 0.05) is 23.8 Å². The molecule has 0 atom stereocenters. The maximum atomic E-state index is 12.5. The number of rotatable bonds is 4. The highest BCUT2D eigenvalue weighted by Crippen LogP contribution is 2.27. The topological polar surface area (TPSA) is 63.4 Å². The Hall–Kier alpha value is -1.08. The molecule has 112 valence electrons. The van der Waals surface area contributed by atoms with Gasteiger partial charge in [-0.1, -0.05) is 29.8 Å². The zero-order valence-corrected chi connectivity index (χ0v) is 14.4. The van der Waals surface area contributed by atoms with Crippen molar-refractivity contribution in [1.29, 1.82) is 0 Å². The van der Waals surface area contributed by atoms with Gasteiger partial charge in [0.25, 0.3) is 0 Å². The van der Waals surface area contributed by atoms with Crippen molar-refractivity contribution in [3.8, 4) is 0 Å². The minimum absolute atomic E-state index is 0.177. The maximum Gasteiger partial charge on any atom is 0.243 e. The Morgan fingerprint density at radius 1 is 1.24 bits per heavy atom. The molecule has 2 aromatic carbocycles. The van der Waals surface area contributed by atoms with Crippen LogP contribution in [0.15, 0.2) is 51.8 Å². The highest BCUT2D eigenvalue weighted by atomic mass is 79.9. The van der Waals surface area contributed by atoms with Gasteiger partial charge in [0.15, 0.2) is 0 Å². The molecule has 0 saturated carbocycles. The minimum atomic E-state index is -3.60. The van der Waals surface area contributed by atoms with Crippen LogP contribution < -0.4 is 5.73 Å². The molecule has 0 aliphatic heterocycles. The number of benzene rings is 2. The summed E-state index contributed by atoms with van der Waals surface area (Å²) in [5, 5.41) is 0.462. The van der Waals surface area contributed by atoms with Crippen LogP contribution in [-0.4, -0.2) is 19.8 Å². The molecule has 0 fully saturated rings. The zero-order chi connectivity index (χ0) is 15.6. The van der Waals surface area contributed by atoms with Crippen molar-refractivity contribution in [2.45, 2.75) is 11.4 Å². The first-order valence-electron chi connectivity index (χ1n) is 6.07. The highest BCUT2D eigenvalue weighted by Gasteiger charge is 2.22. The monoisotopic (exact) mass is 388 g/mol. The van der Waals surface area contributed by atoms with Gasteiger partial charge in [-0.2, -0.15) is 4.31 Å². The zero-order valence-electron chi connectivity index (χ0n) is 11.3. The van der Waals surface area contributed by atoms with Crippen LogP contribution in [0, 0.1) is 0 Å². The SMILES string of the molecule is CN(Cc1ccccc1N)S(=O)(=O)c1ccc(Cl)c(Br)c1. The van der Waals surface area contributed by atoms with Crippen LogP contribution in [0.4, 0.5) is 5.69 Å². The molecular weight excluding hydrogens is 376 g/mol. The molecule has 0 aliphatic rings. The largest absolute Gasteiger partial charge is 0.398 e. The van der Waals surface area contributed by atoms with Gasteiger partial charge >= 0.3 is 0 Å². The number of para-hydroxylation sites is 1. The highest BCUT2D eigenvalue weighted by molar-refractivity contribution is 9.10. The second kappa shape index (κ2) is 6.36. The molecule has 4 nitrogen and oxygen atoms in total. The molecule has 2 aromatic rings. The van der Waals surface area contributed by atoms with Crippen molar-refractivity contribution >= 4 is 43.2 Å². The molecule has 7 heteroatoms. The maximum absolute atomic E-state index is 12.5. The number of sulfonamides is 1. The van der Waals surface area contributed by atoms with Crippen LogP contribution in [0.5, 0.6) is 0 Å². The standard InChI is InChI=1S/C14H14BrClN2O2S/c1-18(9-10-4-2-3-5-14(10)17)21(19,20)11-6-7-13(16)12(15)8-11/h2-8H,9,17H2,1H3. The van der Waals surface area contributed by atoms with Crippen LogP contribution in [0.25, 0.3) is 0 Å². The van der Waals surface area contributed by atoms with Crippen molar-refractivity contribution in [3.05, 3.63) is 57.5 Å². The Kier molecular flexibility index (Phi) is 4.93. The predicted octanol–water partition coefficient (Wildman–Crippen LogP) is 3.51. The van der Waals surface area contributed by atoms with Crippen molar-refractivity contribution in [2.75, 3.05) is 12.8 Å². The number of halogens is 2. The van der Waals surface area contributed by atoms with Crippen molar-refractivity contribution in [2.24, 2.45) is 0 Å². The minimum Gasteiger partial charge on any atom is -0.398 e. The average Bonchev–Trinajstić information content (AvgIpc) is 2.44. The van der Waals surface area contributed by atoms with Gasteiger partial charge in [-0.05, 0) is 45.8 Å². The molecule has 2 N–H and O–H groups in total. The van der Waals surface area contributed by atoms with Gasteiger partial charge in [-0.15, -0.1) is 0 Å². The van der Waals surface area contributed by atoms with E-state index in [9.17, 15) is 8.42 Å². The summed E-state index contributed by atoms with van der Waals surface area (Å²) in [5.74, 6) is 0. The number of hydrogen-bond acceptors (Lipinski definition) is 3. The number of hydrogen-bond donors (Lipinski definition) is 1. The fourth-order valence-electron chi connectivity index (χ4n) is 1.82. The van der Waals surface area contributed by atoms with Crippen molar-refractivity contribution < 1.29 is 8.42 Å². The summed E-state index contributed by atoms with van der Waals surface area (Å²) in [6.07, 6.45) is 0. The fourth-order valence-corrected chi connectivity index (χ4v) is 3.64. The Bertz CT molecular complexity index is 765. The summed E-state index contributed by atoms with van der Waals surface area (Å²) < 4.78 is 26.9. The van der Waals surface area contributed by atoms with Gasteiger partial charge in [-0.25, -0.2) is 8.42 Å². The third-order valence-electron chi connectivity index (χ3n) is 3.05. The average molecular weight is 390 g/mol. The summed E-state index contributed by atoms with van der Waals surface area (Å²) in [5.41, 5.74) is 7.18. The molecule has 0 spiro atoms. The second-order valence-electron chi connectivity index (χ2n) is 4.54. The number of nitrogens with zero attached hydrogens (tertiary/aromatic N) is 1. The Morgan fingerprint density at radius 2 is 1.90 bits per heavy atom. The van der Waals surface area contributed by atoms with Crippen molar-refractivity contribution in [3.63, 3.8) is 0 Å². The molecular formula is C14H14BrClN2O2S. The quantitative estimate of drug-likeness (QED) is 0.814. The van der Waals surface area contributed by atoms with E-state index in [1.165, 1.54) is 23.5 Å². The lowest BCUT2D eigenvalue weighted by atomic mass is 10.2. The molecule has 0 amide bonds. The molecule has 0 radical (unpaired) electrons. The van der Waals surface area contributed by atoms with E-state index in [0.29, 0.717) is 15.2 Å². The lowest BCUT2D eigenvalue weighted by Crippen LogP contribution is -2.26. The molecule has 0 bridgehead atoms. The molecule has 2 rings (SSSR count). The Morgan fingerprint density at radius 3 is 2.52 bits per heavy atom. The van der Waals surface area contributed by atoms with E-state index >= 15 is 0 Å². The van der Waals surface area contributed by atoms with Crippen LogP contribution in [0.3, 0.4) is 0 Å². The molecule has 0 aromatic heterocycles. The number of nitrogens with two attached hydrogens (primary N) is 1. The smallest absolute Gasteiger partial charge is 0.243 e. The summed E-state index contributed by atoms with van der Waals surface area (Å²) in [4.78, 5) is 0.177. The molecule has 21 heavy (non-hydrogen) atoms. The van der Waals surface area contributed by atoms with Gasteiger partial charge in [-0.3, -0.25) is 0 Å². The molecule has 0 saturated heterocycles. The Balaban J connectivity index is 2.30. The lowest BCUT2D eigenvalue weighted by molar-refractivity contribution is 0.467. The van der Waals surface area contributed by atoms with E-state index in [1.807, 2.05) is 12.1 Å². The van der Waals surface area contributed by atoms with E-state index in [2.05, 4.69) is 15.9 Å². The summed E-state index contributed by atoms with van der Waals surface area (Å²) in [6, 6.07) is 11.7. The van der Waals surface area contributed by atoms with E-state index in [1.54, 1.807) is 18.2 Å². The van der Waals surface area contributed by atoms with Gasteiger partial charge < -0.3 is 5.73 Å². The van der Waals surface area contributed by atoms with E-state index in [4.69, 9.17) is 17.3 Å². The summed E-state index contributed by atoms with van der Waals surface area (Å²) in [6.45, 7) is 0.204. The third-order valence-corrected chi connectivity index (χ3v) is 6.06.